The number of rotatable bonds is 3. The summed E-state index contributed by atoms with van der Waals surface area (Å²) in [5.41, 5.74) is 2.27. The molecule has 0 aliphatic rings. The summed E-state index contributed by atoms with van der Waals surface area (Å²) in [7, 11) is 3.42. The molecule has 3 nitrogen and oxygen atoms in total. The maximum Gasteiger partial charge on any atom is 0.122 e. The van der Waals surface area contributed by atoms with Gasteiger partial charge in [0.15, 0.2) is 0 Å². The van der Waals surface area contributed by atoms with E-state index < -0.39 is 0 Å². The van der Waals surface area contributed by atoms with Gasteiger partial charge in [-0.1, -0.05) is 32.8 Å². The van der Waals surface area contributed by atoms with Crippen LogP contribution in [0.1, 0.15) is 5.56 Å². The normalized spacial score (nSPS) is 11.7. The molecule has 0 aliphatic heterocycles. The first-order valence-corrected chi connectivity index (χ1v) is 7.97. The van der Waals surface area contributed by atoms with Crippen molar-refractivity contribution >= 4 is 20.7 Å². The Hall–Kier alpha value is -1.85. The first-order valence-electron chi connectivity index (χ1n) is 5.82. The minimum atomic E-state index is 0.674. The molecule has 19 heavy (non-hydrogen) atoms. The molecule has 3 aromatic rings. The maximum atomic E-state index is 4.59. The molecule has 0 saturated heterocycles. The van der Waals surface area contributed by atoms with Gasteiger partial charge >= 0.3 is 0 Å². The largest absolute Gasteiger partial charge is 0.269 e. The number of hydrogen-bond acceptors (Lipinski definition) is 5. The lowest BCUT2D eigenvalue weighted by atomic mass is 10.2. The van der Waals surface area contributed by atoms with E-state index in [0.29, 0.717) is 6.54 Å². The van der Waals surface area contributed by atoms with E-state index in [4.69, 9.17) is 0 Å². The molecule has 0 radical (unpaired) electrons. The molecule has 3 aromatic heterocycles. The third-order valence-electron chi connectivity index (χ3n) is 2.56. The van der Waals surface area contributed by atoms with Crippen molar-refractivity contribution in [1.29, 1.82) is 0 Å². The average Bonchev–Trinajstić information content (AvgIpc) is 2.96. The molecule has 3 rings (SSSR count). The monoisotopic (exact) mass is 285 g/mol. The molecule has 0 spiro atoms. The van der Waals surface area contributed by atoms with E-state index in [1.165, 1.54) is 4.88 Å². The van der Waals surface area contributed by atoms with Crippen LogP contribution in [-0.4, -0.2) is 9.97 Å². The van der Waals surface area contributed by atoms with Gasteiger partial charge in [-0.15, -0.1) is 0 Å². The highest BCUT2D eigenvalue weighted by atomic mass is 32.9. The molecule has 0 bridgehead atoms. The van der Waals surface area contributed by atoms with E-state index in [1.807, 2.05) is 30.6 Å². The summed E-state index contributed by atoms with van der Waals surface area (Å²) < 4.78 is 1.05. The van der Waals surface area contributed by atoms with Gasteiger partial charge in [0, 0.05) is 35.2 Å². The Labute approximate surface area is 118 Å². The van der Waals surface area contributed by atoms with Crippen molar-refractivity contribution in [3.8, 4) is 10.4 Å². The first kappa shape index (κ1) is 12.2. The van der Waals surface area contributed by atoms with E-state index in [-0.39, 0.29) is 0 Å². The Morgan fingerprint density at radius 1 is 1.00 bits per heavy atom. The summed E-state index contributed by atoms with van der Waals surface area (Å²) in [6.45, 7) is 0.674. The lowest BCUT2D eigenvalue weighted by Gasteiger charge is -1.92. The van der Waals surface area contributed by atoms with Crippen molar-refractivity contribution in [2.45, 2.75) is 6.54 Å². The summed E-state index contributed by atoms with van der Waals surface area (Å²) in [6, 6.07) is 10.1. The molecular formula is C14H11N3S2. The van der Waals surface area contributed by atoms with Crippen LogP contribution >= 0.6 is 20.7 Å². The van der Waals surface area contributed by atoms with Crippen molar-refractivity contribution in [2.75, 3.05) is 0 Å². The second kappa shape index (κ2) is 5.86. The first-order chi connectivity index (χ1) is 9.42. The second-order valence-corrected chi connectivity index (χ2v) is 6.12. The summed E-state index contributed by atoms with van der Waals surface area (Å²) in [6.07, 6.45) is 7.29. The SMILES string of the molecule is c1cncc(C/N=c2/cc(-c3cccnc3)ss2)c1. The van der Waals surface area contributed by atoms with E-state index >= 15 is 0 Å². The summed E-state index contributed by atoms with van der Waals surface area (Å²) >= 11 is 0. The fourth-order valence-corrected chi connectivity index (χ4v) is 3.79. The quantitative estimate of drug-likeness (QED) is 0.692. The third-order valence-corrected chi connectivity index (χ3v) is 4.89. The fraction of sp³-hybridized carbons (Fsp3) is 0.0714. The zero-order valence-corrected chi connectivity index (χ0v) is 11.7. The molecule has 3 heterocycles. The van der Waals surface area contributed by atoms with Gasteiger partial charge in [-0.2, -0.15) is 0 Å². The molecule has 0 fully saturated rings. The molecule has 0 atom stereocenters. The van der Waals surface area contributed by atoms with Crippen LogP contribution < -0.4 is 4.67 Å². The van der Waals surface area contributed by atoms with Crippen LogP contribution in [-0.2, 0) is 6.54 Å². The van der Waals surface area contributed by atoms with Crippen LogP contribution in [0.3, 0.4) is 0 Å². The lowest BCUT2D eigenvalue weighted by molar-refractivity contribution is 1.01. The van der Waals surface area contributed by atoms with Crippen molar-refractivity contribution in [3.05, 3.63) is 65.4 Å². The summed E-state index contributed by atoms with van der Waals surface area (Å²) in [5.74, 6) is 0. The second-order valence-electron chi connectivity index (χ2n) is 3.93. The lowest BCUT2D eigenvalue weighted by Crippen LogP contribution is -1.93. The third kappa shape index (κ3) is 3.13. The maximum absolute atomic E-state index is 4.59. The Kier molecular flexibility index (Phi) is 3.76. The minimum absolute atomic E-state index is 0.674. The summed E-state index contributed by atoms with van der Waals surface area (Å²) in [4.78, 5) is 14.0. The van der Waals surface area contributed by atoms with Gasteiger partial charge in [0.1, 0.15) is 4.67 Å². The Morgan fingerprint density at radius 3 is 2.58 bits per heavy atom. The van der Waals surface area contributed by atoms with Crippen molar-refractivity contribution in [2.24, 2.45) is 4.99 Å². The standard InChI is InChI=1S/C14H11N3S2/c1-3-11(8-15-5-1)9-17-14-7-13(18-19-14)12-4-2-6-16-10-12/h1-8,10H,9H2/b17-14-. The highest BCUT2D eigenvalue weighted by Crippen LogP contribution is 2.23. The minimum Gasteiger partial charge on any atom is -0.269 e. The van der Waals surface area contributed by atoms with Crippen molar-refractivity contribution in [1.82, 2.24) is 9.97 Å². The zero-order valence-electron chi connectivity index (χ0n) is 10.1. The predicted octanol–water partition coefficient (Wildman–Crippen LogP) is 3.37. The molecular weight excluding hydrogens is 274 g/mol. The average molecular weight is 285 g/mol. The summed E-state index contributed by atoms with van der Waals surface area (Å²) in [5, 5.41) is 0. The molecule has 0 amide bonds. The van der Waals surface area contributed by atoms with Gasteiger partial charge < -0.3 is 0 Å². The molecule has 0 N–H and O–H groups in total. The van der Waals surface area contributed by atoms with Crippen LogP contribution in [0.25, 0.3) is 10.4 Å². The van der Waals surface area contributed by atoms with Crippen LogP contribution in [0, 0.1) is 0 Å². The van der Waals surface area contributed by atoms with Crippen molar-refractivity contribution in [3.63, 3.8) is 0 Å². The van der Waals surface area contributed by atoms with Gasteiger partial charge in [0.2, 0.25) is 0 Å². The van der Waals surface area contributed by atoms with Crippen LogP contribution in [0.5, 0.6) is 0 Å². The Bertz CT molecular complexity index is 702. The van der Waals surface area contributed by atoms with E-state index in [2.05, 4.69) is 27.1 Å². The molecule has 0 aliphatic carbocycles. The molecule has 5 heteroatoms. The van der Waals surface area contributed by atoms with Gasteiger partial charge in [-0.05, 0) is 23.8 Å². The molecule has 0 saturated carbocycles. The number of pyridine rings is 2. The molecule has 94 valence electrons. The predicted molar refractivity (Wildman–Crippen MR) is 78.9 cm³/mol. The van der Waals surface area contributed by atoms with E-state index in [1.54, 1.807) is 33.1 Å². The highest BCUT2D eigenvalue weighted by Gasteiger charge is 2.00. The molecule has 0 unspecified atom stereocenters. The van der Waals surface area contributed by atoms with Crippen molar-refractivity contribution < 1.29 is 0 Å². The fourth-order valence-electron chi connectivity index (χ4n) is 1.62. The number of aromatic nitrogens is 2. The van der Waals surface area contributed by atoms with Gasteiger partial charge in [0.25, 0.3) is 0 Å². The zero-order chi connectivity index (χ0) is 12.9. The van der Waals surface area contributed by atoms with Gasteiger partial charge in [-0.25, -0.2) is 0 Å². The Balaban J connectivity index is 1.82. The van der Waals surface area contributed by atoms with Crippen LogP contribution in [0.15, 0.2) is 60.1 Å². The highest BCUT2D eigenvalue weighted by molar-refractivity contribution is 7.69. The molecule has 0 aromatic carbocycles. The Morgan fingerprint density at radius 2 is 1.84 bits per heavy atom. The van der Waals surface area contributed by atoms with E-state index in [0.717, 1.165) is 15.8 Å². The topological polar surface area (TPSA) is 38.1 Å². The number of hydrogen-bond donors (Lipinski definition) is 0. The van der Waals surface area contributed by atoms with Crippen LogP contribution in [0.2, 0.25) is 0 Å². The van der Waals surface area contributed by atoms with Crippen LogP contribution in [0.4, 0.5) is 0 Å². The number of nitrogens with zero attached hydrogens (tertiary/aromatic N) is 3. The van der Waals surface area contributed by atoms with Gasteiger partial charge in [0.05, 0.1) is 6.54 Å². The van der Waals surface area contributed by atoms with Gasteiger partial charge in [-0.3, -0.25) is 15.0 Å². The van der Waals surface area contributed by atoms with E-state index in [9.17, 15) is 0 Å². The smallest absolute Gasteiger partial charge is 0.122 e.